The first-order chi connectivity index (χ1) is 31.2. The number of nitrogens with zero attached hydrogens (tertiary/aromatic N) is 3. The lowest BCUT2D eigenvalue weighted by atomic mass is 9.97. The third-order valence-corrected chi connectivity index (χ3v) is 12.1. The van der Waals surface area contributed by atoms with Crippen LogP contribution in [0, 0.1) is 0 Å². The van der Waals surface area contributed by atoms with Crippen LogP contribution < -0.4 is 0 Å². The Bertz CT molecular complexity index is 3670. The summed E-state index contributed by atoms with van der Waals surface area (Å²) in [6, 6.07) is 78.8. The Morgan fingerprint density at radius 3 is 1.51 bits per heavy atom. The van der Waals surface area contributed by atoms with Crippen molar-refractivity contribution in [2.45, 2.75) is 0 Å². The summed E-state index contributed by atoms with van der Waals surface area (Å²) in [6.45, 7) is 0. The molecule has 0 radical (unpaired) electrons. The van der Waals surface area contributed by atoms with E-state index < -0.39 is 0 Å². The first kappa shape index (κ1) is 36.4. The summed E-state index contributed by atoms with van der Waals surface area (Å²) in [5.41, 5.74) is 13.4. The minimum atomic E-state index is 0.582. The van der Waals surface area contributed by atoms with Gasteiger partial charge in [-0.15, -0.1) is 0 Å². The van der Waals surface area contributed by atoms with Crippen LogP contribution in [0.15, 0.2) is 229 Å². The van der Waals surface area contributed by atoms with Gasteiger partial charge in [-0.3, -0.25) is 0 Å². The first-order valence-corrected chi connectivity index (χ1v) is 21.2. The summed E-state index contributed by atoms with van der Waals surface area (Å²) in [5, 5.41) is 6.73. The van der Waals surface area contributed by atoms with Gasteiger partial charge in [0.25, 0.3) is 0 Å². The van der Waals surface area contributed by atoms with E-state index in [0.717, 1.165) is 71.8 Å². The van der Waals surface area contributed by atoms with Crippen LogP contribution in [0.3, 0.4) is 0 Å². The van der Waals surface area contributed by atoms with Gasteiger partial charge in [-0.1, -0.05) is 200 Å². The second-order valence-electron chi connectivity index (χ2n) is 16.0. The molecule has 0 saturated heterocycles. The van der Waals surface area contributed by atoms with Gasteiger partial charge in [0, 0.05) is 33.0 Å². The van der Waals surface area contributed by atoms with Crippen molar-refractivity contribution in [3.63, 3.8) is 0 Å². The van der Waals surface area contributed by atoms with Crippen molar-refractivity contribution in [3.8, 4) is 78.7 Å². The molecule has 4 heteroatoms. The third kappa shape index (κ3) is 6.62. The van der Waals surface area contributed by atoms with Crippen LogP contribution >= 0.6 is 0 Å². The molecule has 0 aliphatic rings. The molecule has 12 aromatic rings. The van der Waals surface area contributed by atoms with E-state index in [1.54, 1.807) is 0 Å². The smallest absolute Gasteiger partial charge is 0.164 e. The van der Waals surface area contributed by atoms with Crippen molar-refractivity contribution >= 4 is 43.5 Å². The summed E-state index contributed by atoms with van der Waals surface area (Å²) < 4.78 is 6.78. The molecule has 0 fully saturated rings. The SMILES string of the molecule is c1ccc(-c2cccc(-c3ccc(-c4nc(-c5ccc6c(ccc7ccccc76)c5)nc(-c5cccc6oc7c(-c8cccc(-c9ccccc9)c8)cccc7c56)n4)cc3)c2)cc1. The minimum Gasteiger partial charge on any atom is -0.455 e. The Morgan fingerprint density at radius 1 is 0.270 bits per heavy atom. The predicted octanol–water partition coefficient (Wildman–Crippen LogP) is 15.7. The van der Waals surface area contributed by atoms with E-state index >= 15 is 0 Å². The monoisotopic (exact) mass is 803 g/mol. The maximum Gasteiger partial charge on any atom is 0.164 e. The van der Waals surface area contributed by atoms with Crippen molar-refractivity contribution in [1.29, 1.82) is 0 Å². The number of furan rings is 1. The van der Waals surface area contributed by atoms with Gasteiger partial charge in [0.1, 0.15) is 11.2 Å². The summed E-state index contributed by atoms with van der Waals surface area (Å²) in [5.74, 6) is 1.78. The van der Waals surface area contributed by atoms with Gasteiger partial charge >= 0.3 is 0 Å². The van der Waals surface area contributed by atoms with Crippen molar-refractivity contribution in [3.05, 3.63) is 224 Å². The third-order valence-electron chi connectivity index (χ3n) is 12.1. The second kappa shape index (κ2) is 15.2. The molecule has 4 nitrogen and oxygen atoms in total. The molecule has 2 heterocycles. The molecule has 0 N–H and O–H groups in total. The van der Waals surface area contributed by atoms with E-state index in [9.17, 15) is 0 Å². The van der Waals surface area contributed by atoms with Gasteiger partial charge in [0.2, 0.25) is 0 Å². The van der Waals surface area contributed by atoms with Crippen molar-refractivity contribution in [2.24, 2.45) is 0 Å². The zero-order valence-corrected chi connectivity index (χ0v) is 34.1. The highest BCUT2D eigenvalue weighted by molar-refractivity contribution is 6.15. The normalized spacial score (nSPS) is 11.5. The zero-order valence-electron chi connectivity index (χ0n) is 34.1. The van der Waals surface area contributed by atoms with E-state index in [0.29, 0.717) is 17.5 Å². The van der Waals surface area contributed by atoms with E-state index in [2.05, 4.69) is 200 Å². The highest BCUT2D eigenvalue weighted by Crippen LogP contribution is 2.41. The lowest BCUT2D eigenvalue weighted by molar-refractivity contribution is 0.670. The molecule has 0 aliphatic carbocycles. The van der Waals surface area contributed by atoms with Crippen LogP contribution in [0.4, 0.5) is 0 Å². The molecule has 0 spiro atoms. The lowest BCUT2D eigenvalue weighted by Gasteiger charge is -2.11. The summed E-state index contributed by atoms with van der Waals surface area (Å²) in [4.78, 5) is 15.7. The molecule has 0 unspecified atom stereocenters. The average molecular weight is 804 g/mol. The van der Waals surface area contributed by atoms with Crippen LogP contribution in [-0.2, 0) is 0 Å². The number of aromatic nitrogens is 3. The second-order valence-corrected chi connectivity index (χ2v) is 16.0. The predicted molar refractivity (Wildman–Crippen MR) is 260 cm³/mol. The van der Waals surface area contributed by atoms with Crippen LogP contribution in [-0.4, -0.2) is 15.0 Å². The maximum absolute atomic E-state index is 6.78. The van der Waals surface area contributed by atoms with Gasteiger partial charge in [0.15, 0.2) is 17.5 Å². The topological polar surface area (TPSA) is 51.8 Å². The highest BCUT2D eigenvalue weighted by Gasteiger charge is 2.20. The van der Waals surface area contributed by atoms with Gasteiger partial charge in [-0.25, -0.2) is 15.0 Å². The molecule has 2 aromatic heterocycles. The molecule has 294 valence electrons. The molecule has 0 bridgehead atoms. The zero-order chi connectivity index (χ0) is 41.7. The first-order valence-electron chi connectivity index (χ1n) is 21.2. The van der Waals surface area contributed by atoms with Gasteiger partial charge in [0.05, 0.1) is 0 Å². The van der Waals surface area contributed by atoms with Crippen LogP contribution in [0.5, 0.6) is 0 Å². The molecule has 10 aromatic carbocycles. The van der Waals surface area contributed by atoms with Gasteiger partial charge in [-0.05, 0) is 84.8 Å². The molecular formula is C59H37N3O. The standard InChI is InChI=1S/C59H37N3O/c1-3-13-38(14-4-1)43-18-9-19-44(35-43)40-27-30-42(31-28-40)57-60-58(48-33-34-50-47(37-48)32-29-41-17-7-8-22-49(41)50)62-59(61-57)53-25-12-26-54-55(53)52-24-11-23-51(56(52)63-54)46-21-10-20-45(36-46)39-15-5-2-6-16-39/h1-37H. The Kier molecular flexibility index (Phi) is 8.79. The van der Waals surface area contributed by atoms with Crippen LogP contribution in [0.25, 0.3) is 122 Å². The molecule has 0 saturated carbocycles. The molecule has 0 amide bonds. The molecule has 0 atom stereocenters. The number of hydrogen-bond acceptors (Lipinski definition) is 4. The Labute approximate surface area is 364 Å². The Hall–Kier alpha value is -8.47. The summed E-state index contributed by atoms with van der Waals surface area (Å²) in [7, 11) is 0. The van der Waals surface area contributed by atoms with Crippen molar-refractivity contribution in [1.82, 2.24) is 15.0 Å². The van der Waals surface area contributed by atoms with Crippen molar-refractivity contribution < 1.29 is 4.42 Å². The highest BCUT2D eigenvalue weighted by atomic mass is 16.3. The summed E-state index contributed by atoms with van der Waals surface area (Å²) in [6.07, 6.45) is 0. The molecule has 12 rings (SSSR count). The number of fused-ring (bicyclic) bond motifs is 6. The number of hydrogen-bond donors (Lipinski definition) is 0. The summed E-state index contributed by atoms with van der Waals surface area (Å²) >= 11 is 0. The van der Waals surface area contributed by atoms with E-state index in [1.165, 1.54) is 32.8 Å². The van der Waals surface area contributed by atoms with Gasteiger partial charge < -0.3 is 4.42 Å². The van der Waals surface area contributed by atoms with Crippen molar-refractivity contribution in [2.75, 3.05) is 0 Å². The number of benzene rings is 10. The number of rotatable bonds is 7. The lowest BCUT2D eigenvalue weighted by Crippen LogP contribution is -2.00. The minimum absolute atomic E-state index is 0.582. The molecular weight excluding hydrogens is 767 g/mol. The fourth-order valence-electron chi connectivity index (χ4n) is 8.99. The molecule has 63 heavy (non-hydrogen) atoms. The van der Waals surface area contributed by atoms with Crippen LogP contribution in [0.1, 0.15) is 0 Å². The fourth-order valence-corrected chi connectivity index (χ4v) is 8.99. The van der Waals surface area contributed by atoms with E-state index in [4.69, 9.17) is 19.4 Å². The Balaban J connectivity index is 1.00. The van der Waals surface area contributed by atoms with E-state index in [1.807, 2.05) is 24.3 Å². The molecule has 0 aliphatic heterocycles. The maximum atomic E-state index is 6.78. The largest absolute Gasteiger partial charge is 0.455 e. The van der Waals surface area contributed by atoms with Crippen LogP contribution in [0.2, 0.25) is 0 Å². The average Bonchev–Trinajstić information content (AvgIpc) is 3.76. The number of para-hydroxylation sites is 1. The quantitative estimate of drug-likeness (QED) is 0.151. The van der Waals surface area contributed by atoms with E-state index in [-0.39, 0.29) is 0 Å². The Morgan fingerprint density at radius 2 is 0.762 bits per heavy atom. The van der Waals surface area contributed by atoms with Gasteiger partial charge in [-0.2, -0.15) is 0 Å². The fraction of sp³-hybridized carbons (Fsp3) is 0.